The number of halogens is 2. The lowest BCUT2D eigenvalue weighted by atomic mass is 10.1. The van der Waals surface area contributed by atoms with E-state index in [0.29, 0.717) is 21.8 Å². The lowest BCUT2D eigenvalue weighted by molar-refractivity contribution is -0.113. The van der Waals surface area contributed by atoms with Crippen LogP contribution in [0.1, 0.15) is 34.7 Å². The van der Waals surface area contributed by atoms with Crippen molar-refractivity contribution in [3.63, 3.8) is 0 Å². The lowest BCUT2D eigenvalue weighted by Gasteiger charge is -2.10. The number of hydrogen-bond donors (Lipinski definition) is 2. The Morgan fingerprint density at radius 3 is 2.56 bits per heavy atom. The van der Waals surface area contributed by atoms with Gasteiger partial charge < -0.3 is 5.32 Å². The molecular weight excluding hydrogens is 523 g/mol. The normalized spacial score (nSPS) is 13.5. The van der Waals surface area contributed by atoms with E-state index >= 15 is 0 Å². The molecular formula is C20H18Cl2N6O4S2. The van der Waals surface area contributed by atoms with Crippen molar-refractivity contribution < 1.29 is 18.0 Å². The van der Waals surface area contributed by atoms with Crippen LogP contribution in [-0.4, -0.2) is 52.4 Å². The zero-order valence-electron chi connectivity index (χ0n) is 17.7. The van der Waals surface area contributed by atoms with Gasteiger partial charge in [0.25, 0.3) is 5.91 Å². The molecule has 4 rings (SSSR count). The highest BCUT2D eigenvalue weighted by Gasteiger charge is 2.24. The molecule has 14 heteroatoms. The van der Waals surface area contributed by atoms with E-state index in [-0.39, 0.29) is 27.9 Å². The summed E-state index contributed by atoms with van der Waals surface area (Å²) in [4.78, 5) is 24.4. The summed E-state index contributed by atoms with van der Waals surface area (Å²) < 4.78 is 25.7. The molecule has 178 valence electrons. The van der Waals surface area contributed by atoms with Gasteiger partial charge in [-0.15, -0.1) is 5.10 Å². The molecule has 0 saturated heterocycles. The number of anilines is 1. The Bertz CT molecular complexity index is 1380. The SMILES string of the molecule is CS(=O)(=O)NC(=O)c1ccc(NC(=O)CSc2nnnn2-c2ccc(C3CC3)cc2Cl)c(Cl)c1. The standard InChI is InChI=1S/C20H18Cl2N6O4S2/c1-34(31,32)25-19(30)13-4-6-16(14(21)9-13)23-18(29)10-33-20-24-26-27-28(20)17-7-5-12(8-15(17)22)11-2-3-11/h4-9,11H,2-3,10H2,1H3,(H,23,29)(H,25,30). The van der Waals surface area contributed by atoms with Gasteiger partial charge in [0.15, 0.2) is 0 Å². The molecule has 1 fully saturated rings. The van der Waals surface area contributed by atoms with Gasteiger partial charge in [-0.1, -0.05) is 41.0 Å². The lowest BCUT2D eigenvalue weighted by Crippen LogP contribution is -2.29. The summed E-state index contributed by atoms with van der Waals surface area (Å²) in [5.41, 5.74) is 2.10. The second-order valence-corrected chi connectivity index (χ2v) is 11.1. The average Bonchev–Trinajstić information content (AvgIpc) is 3.51. The third-order valence-corrected chi connectivity index (χ3v) is 6.90. The molecule has 0 unspecified atom stereocenters. The molecule has 1 heterocycles. The molecule has 2 amide bonds. The molecule has 0 radical (unpaired) electrons. The minimum atomic E-state index is -3.71. The molecule has 3 aromatic rings. The summed E-state index contributed by atoms with van der Waals surface area (Å²) in [5, 5.41) is 15.3. The summed E-state index contributed by atoms with van der Waals surface area (Å²) in [5.74, 6) is -0.670. The molecule has 2 N–H and O–H groups in total. The first-order valence-corrected chi connectivity index (χ1v) is 13.6. The maximum Gasteiger partial charge on any atom is 0.264 e. The molecule has 1 aromatic heterocycles. The van der Waals surface area contributed by atoms with Gasteiger partial charge in [-0.05, 0) is 65.1 Å². The van der Waals surface area contributed by atoms with Crippen LogP contribution in [0, 0.1) is 0 Å². The van der Waals surface area contributed by atoms with Crippen LogP contribution < -0.4 is 10.0 Å². The third kappa shape index (κ3) is 6.06. The fourth-order valence-electron chi connectivity index (χ4n) is 3.09. The molecule has 0 bridgehead atoms. The van der Waals surface area contributed by atoms with E-state index in [1.807, 2.05) is 22.9 Å². The predicted molar refractivity (Wildman–Crippen MR) is 129 cm³/mol. The largest absolute Gasteiger partial charge is 0.324 e. The van der Waals surface area contributed by atoms with Crippen LogP contribution in [0.3, 0.4) is 0 Å². The number of carbonyl (C=O) groups excluding carboxylic acids is 2. The van der Waals surface area contributed by atoms with Gasteiger partial charge in [0.1, 0.15) is 0 Å². The number of aromatic nitrogens is 4. The number of nitrogens with one attached hydrogen (secondary N) is 2. The van der Waals surface area contributed by atoms with Crippen LogP contribution in [0.2, 0.25) is 10.0 Å². The number of rotatable bonds is 8. The number of benzene rings is 2. The first-order chi connectivity index (χ1) is 16.1. The summed E-state index contributed by atoms with van der Waals surface area (Å²) in [7, 11) is -3.71. The van der Waals surface area contributed by atoms with Crippen LogP contribution in [0.15, 0.2) is 41.6 Å². The number of tetrazole rings is 1. The van der Waals surface area contributed by atoms with Gasteiger partial charge in [0.05, 0.1) is 33.4 Å². The maximum absolute atomic E-state index is 12.5. The average molecular weight is 541 g/mol. The molecule has 0 spiro atoms. The van der Waals surface area contributed by atoms with Gasteiger partial charge in [-0.2, -0.15) is 4.68 Å². The highest BCUT2D eigenvalue weighted by atomic mass is 35.5. The van der Waals surface area contributed by atoms with E-state index in [0.717, 1.165) is 30.9 Å². The molecule has 10 nitrogen and oxygen atoms in total. The zero-order chi connectivity index (χ0) is 24.5. The Hall–Kier alpha value is -2.67. The van der Waals surface area contributed by atoms with Gasteiger partial charge in [0, 0.05) is 5.56 Å². The fourth-order valence-corrected chi connectivity index (χ4v) is 4.72. The van der Waals surface area contributed by atoms with Gasteiger partial charge in [-0.25, -0.2) is 13.1 Å². The quantitative estimate of drug-likeness (QED) is 0.415. The van der Waals surface area contributed by atoms with Crippen molar-refractivity contribution in [3.8, 4) is 5.69 Å². The minimum absolute atomic E-state index is 0.0230. The van der Waals surface area contributed by atoms with Crippen LogP contribution in [0.5, 0.6) is 0 Å². The highest BCUT2D eigenvalue weighted by Crippen LogP contribution is 2.41. The Balaban J connectivity index is 1.39. The van der Waals surface area contributed by atoms with Crippen molar-refractivity contribution in [2.24, 2.45) is 0 Å². The van der Waals surface area contributed by atoms with Gasteiger partial charge in [-0.3, -0.25) is 9.59 Å². The number of sulfonamides is 1. The van der Waals surface area contributed by atoms with Gasteiger partial charge >= 0.3 is 0 Å². The number of nitrogens with zero attached hydrogens (tertiary/aromatic N) is 4. The van der Waals surface area contributed by atoms with Crippen LogP contribution in [-0.2, 0) is 14.8 Å². The summed E-state index contributed by atoms with van der Waals surface area (Å²) in [6, 6.07) is 9.80. The Morgan fingerprint density at radius 2 is 1.91 bits per heavy atom. The molecule has 0 aliphatic heterocycles. The Labute approximate surface area is 209 Å². The number of carbonyl (C=O) groups is 2. The highest BCUT2D eigenvalue weighted by molar-refractivity contribution is 7.99. The van der Waals surface area contributed by atoms with E-state index in [4.69, 9.17) is 23.2 Å². The second-order valence-electron chi connectivity index (χ2n) is 7.59. The van der Waals surface area contributed by atoms with E-state index in [2.05, 4.69) is 20.8 Å². The van der Waals surface area contributed by atoms with Crippen molar-refractivity contribution in [2.75, 3.05) is 17.3 Å². The van der Waals surface area contributed by atoms with Crippen molar-refractivity contribution in [2.45, 2.75) is 23.9 Å². The maximum atomic E-state index is 12.5. The minimum Gasteiger partial charge on any atom is -0.324 e. The van der Waals surface area contributed by atoms with E-state index in [1.54, 1.807) is 0 Å². The first-order valence-electron chi connectivity index (χ1n) is 9.93. The van der Waals surface area contributed by atoms with Crippen molar-refractivity contribution in [1.82, 2.24) is 24.9 Å². The van der Waals surface area contributed by atoms with Crippen molar-refractivity contribution in [1.29, 1.82) is 0 Å². The topological polar surface area (TPSA) is 136 Å². The Morgan fingerprint density at radius 1 is 1.15 bits per heavy atom. The molecule has 0 atom stereocenters. The molecule has 2 aromatic carbocycles. The third-order valence-electron chi connectivity index (χ3n) is 4.81. The molecule has 1 saturated carbocycles. The smallest absolute Gasteiger partial charge is 0.264 e. The van der Waals surface area contributed by atoms with Crippen LogP contribution in [0.25, 0.3) is 5.69 Å². The van der Waals surface area contributed by atoms with Crippen LogP contribution >= 0.6 is 35.0 Å². The number of hydrogen-bond acceptors (Lipinski definition) is 8. The molecule has 1 aliphatic rings. The zero-order valence-corrected chi connectivity index (χ0v) is 20.8. The van der Waals surface area contributed by atoms with Crippen molar-refractivity contribution >= 4 is 62.5 Å². The van der Waals surface area contributed by atoms with Crippen molar-refractivity contribution in [3.05, 3.63) is 57.6 Å². The predicted octanol–water partition coefficient (Wildman–Crippen LogP) is 3.27. The van der Waals surface area contributed by atoms with Gasteiger partial charge in [0.2, 0.25) is 21.1 Å². The summed E-state index contributed by atoms with van der Waals surface area (Å²) in [6.07, 6.45) is 3.20. The first kappa shape index (κ1) is 24.5. The monoisotopic (exact) mass is 540 g/mol. The summed E-state index contributed by atoms with van der Waals surface area (Å²) in [6.45, 7) is 0. The van der Waals surface area contributed by atoms with E-state index in [1.165, 1.54) is 28.4 Å². The Kier molecular flexibility index (Phi) is 7.12. The van der Waals surface area contributed by atoms with E-state index in [9.17, 15) is 18.0 Å². The number of amides is 2. The molecule has 34 heavy (non-hydrogen) atoms. The molecule has 1 aliphatic carbocycles. The van der Waals surface area contributed by atoms with E-state index < -0.39 is 15.9 Å². The number of thioether (sulfide) groups is 1. The summed E-state index contributed by atoms with van der Waals surface area (Å²) >= 11 is 13.7. The van der Waals surface area contributed by atoms with Crippen LogP contribution in [0.4, 0.5) is 5.69 Å². The fraction of sp³-hybridized carbons (Fsp3) is 0.250. The second kappa shape index (κ2) is 9.90.